The van der Waals surface area contributed by atoms with Crippen LogP contribution in [0.2, 0.25) is 0 Å². The van der Waals surface area contributed by atoms with Crippen molar-refractivity contribution in [1.82, 2.24) is 19.7 Å². The number of anilines is 1. The molecule has 0 spiro atoms. The van der Waals surface area contributed by atoms with Crippen molar-refractivity contribution in [1.29, 1.82) is 0 Å². The normalized spacial score (nSPS) is 10.9. The van der Waals surface area contributed by atoms with Crippen molar-refractivity contribution in [2.45, 2.75) is 26.8 Å². The Morgan fingerprint density at radius 1 is 1.16 bits per heavy atom. The zero-order valence-electron chi connectivity index (χ0n) is 18.8. The second-order valence-corrected chi connectivity index (χ2v) is 8.22. The van der Waals surface area contributed by atoms with E-state index in [-0.39, 0.29) is 18.3 Å². The van der Waals surface area contributed by atoms with E-state index in [1.165, 1.54) is 11.3 Å². The van der Waals surface area contributed by atoms with Crippen LogP contribution >= 0.6 is 23.7 Å². The summed E-state index contributed by atoms with van der Waals surface area (Å²) in [5.74, 6) is 1.21. The van der Waals surface area contributed by atoms with Gasteiger partial charge in [0.2, 0.25) is 0 Å². The smallest absolute Gasteiger partial charge is 0.280 e. The van der Waals surface area contributed by atoms with Crippen LogP contribution in [0.3, 0.4) is 0 Å². The molecule has 10 heteroatoms. The molecule has 0 aliphatic heterocycles. The summed E-state index contributed by atoms with van der Waals surface area (Å²) >= 11 is 1.43. The van der Waals surface area contributed by atoms with Gasteiger partial charge in [0.1, 0.15) is 21.7 Å². The monoisotopic (exact) mass is 467 g/mol. The van der Waals surface area contributed by atoms with E-state index in [1.807, 2.05) is 50.8 Å². The Bertz CT molecular complexity index is 993. The number of thiazole rings is 1. The van der Waals surface area contributed by atoms with Gasteiger partial charge in [0.15, 0.2) is 10.8 Å². The molecule has 3 aromatic rings. The fourth-order valence-corrected chi connectivity index (χ4v) is 4.39. The van der Waals surface area contributed by atoms with E-state index in [9.17, 15) is 4.79 Å². The van der Waals surface area contributed by atoms with Crippen LogP contribution in [0.5, 0.6) is 11.5 Å². The summed E-state index contributed by atoms with van der Waals surface area (Å²) in [5.41, 5.74) is 2.08. The highest BCUT2D eigenvalue weighted by molar-refractivity contribution is 7.22. The van der Waals surface area contributed by atoms with Crippen LogP contribution in [0.1, 0.15) is 29.5 Å². The number of halogens is 1. The maximum Gasteiger partial charge on any atom is 0.280 e. The number of ether oxygens (including phenoxy) is 2. The molecule has 0 bridgehead atoms. The van der Waals surface area contributed by atoms with E-state index in [1.54, 1.807) is 19.1 Å². The minimum absolute atomic E-state index is 0. The van der Waals surface area contributed by atoms with Gasteiger partial charge in [-0.25, -0.2) is 4.98 Å². The molecular formula is C21H30ClN5O3S. The quantitative estimate of drug-likeness (QED) is 0.475. The van der Waals surface area contributed by atoms with Gasteiger partial charge in [-0.1, -0.05) is 11.3 Å². The Hall–Kier alpha value is -2.36. The van der Waals surface area contributed by atoms with Crippen LogP contribution in [-0.4, -0.2) is 67.0 Å². The molecule has 0 aliphatic carbocycles. The third kappa shape index (κ3) is 5.28. The zero-order chi connectivity index (χ0) is 21.8. The van der Waals surface area contributed by atoms with Gasteiger partial charge in [0, 0.05) is 18.8 Å². The van der Waals surface area contributed by atoms with Gasteiger partial charge in [-0.2, -0.15) is 5.10 Å². The number of amides is 1. The second kappa shape index (κ2) is 10.8. The van der Waals surface area contributed by atoms with E-state index in [2.05, 4.69) is 10.00 Å². The van der Waals surface area contributed by atoms with Crippen LogP contribution in [0, 0.1) is 6.92 Å². The number of carbonyl (C=O) groups is 1. The van der Waals surface area contributed by atoms with Crippen molar-refractivity contribution in [3.63, 3.8) is 0 Å². The lowest BCUT2D eigenvalue weighted by atomic mass is 10.3. The maximum absolute atomic E-state index is 13.4. The Kier molecular flexibility index (Phi) is 8.67. The first-order chi connectivity index (χ1) is 14.4. The average Bonchev–Trinajstić information content (AvgIpc) is 3.33. The molecule has 1 amide bonds. The van der Waals surface area contributed by atoms with Crippen molar-refractivity contribution in [2.75, 3.05) is 46.3 Å². The highest BCUT2D eigenvalue weighted by Gasteiger charge is 2.25. The molecule has 2 aromatic heterocycles. The summed E-state index contributed by atoms with van der Waals surface area (Å²) < 4.78 is 13.7. The molecule has 0 N–H and O–H groups in total. The van der Waals surface area contributed by atoms with Gasteiger partial charge in [-0.3, -0.25) is 14.4 Å². The Morgan fingerprint density at radius 3 is 2.42 bits per heavy atom. The standard InChI is InChI=1S/C21H29N5O3S.ClH/c1-7-26-14(2)13-15(23-26)20(27)25(12-8-11-24(3)4)21-22-18-16(28-5)9-10-17(29-6)19(18)30-21;/h9-10,13H,7-8,11-12H2,1-6H3;1H. The summed E-state index contributed by atoms with van der Waals surface area (Å²) in [4.78, 5) is 22.0. The lowest BCUT2D eigenvalue weighted by molar-refractivity contribution is 0.0980. The molecule has 8 nitrogen and oxygen atoms in total. The van der Waals surface area contributed by atoms with Crippen molar-refractivity contribution in [2.24, 2.45) is 0 Å². The van der Waals surface area contributed by atoms with E-state index < -0.39 is 0 Å². The number of carbonyl (C=O) groups excluding carboxylic acids is 1. The molecule has 0 aliphatic rings. The first kappa shape index (κ1) is 24.9. The lowest BCUT2D eigenvalue weighted by Crippen LogP contribution is -2.33. The molecular weight excluding hydrogens is 438 g/mol. The largest absolute Gasteiger partial charge is 0.495 e. The number of benzene rings is 1. The summed E-state index contributed by atoms with van der Waals surface area (Å²) in [7, 11) is 7.28. The minimum atomic E-state index is -0.152. The number of hydrogen-bond acceptors (Lipinski definition) is 7. The van der Waals surface area contributed by atoms with Gasteiger partial charge in [-0.15, -0.1) is 12.4 Å². The number of nitrogens with zero attached hydrogens (tertiary/aromatic N) is 5. The molecule has 0 saturated carbocycles. The number of rotatable bonds is 9. The van der Waals surface area contributed by atoms with E-state index in [0.29, 0.717) is 34.4 Å². The molecule has 2 heterocycles. The highest BCUT2D eigenvalue weighted by Crippen LogP contribution is 2.40. The van der Waals surface area contributed by atoms with Crippen LogP contribution in [-0.2, 0) is 6.54 Å². The lowest BCUT2D eigenvalue weighted by Gasteiger charge is -2.20. The predicted octanol–water partition coefficient (Wildman–Crippen LogP) is 3.86. The fraction of sp³-hybridized carbons (Fsp3) is 0.476. The molecule has 3 rings (SSSR count). The summed E-state index contributed by atoms with van der Waals surface area (Å²) in [5, 5.41) is 5.09. The summed E-state index contributed by atoms with van der Waals surface area (Å²) in [6, 6.07) is 5.52. The van der Waals surface area contributed by atoms with Crippen LogP contribution in [0.25, 0.3) is 10.2 Å². The first-order valence-corrected chi connectivity index (χ1v) is 10.7. The van der Waals surface area contributed by atoms with Gasteiger partial charge in [0.25, 0.3) is 5.91 Å². The maximum atomic E-state index is 13.4. The molecule has 0 saturated heterocycles. The zero-order valence-corrected chi connectivity index (χ0v) is 20.5. The van der Waals surface area contributed by atoms with E-state index in [4.69, 9.17) is 14.5 Å². The molecule has 0 fully saturated rings. The van der Waals surface area contributed by atoms with Crippen LogP contribution in [0.15, 0.2) is 18.2 Å². The second-order valence-electron chi connectivity index (χ2n) is 7.24. The van der Waals surface area contributed by atoms with Gasteiger partial charge in [-0.05, 0) is 59.1 Å². The van der Waals surface area contributed by atoms with Crippen molar-refractivity contribution >= 4 is 45.0 Å². The topological polar surface area (TPSA) is 72.7 Å². The van der Waals surface area contributed by atoms with Gasteiger partial charge in [0.05, 0.1) is 14.2 Å². The van der Waals surface area contributed by atoms with Crippen molar-refractivity contribution in [3.8, 4) is 11.5 Å². The third-order valence-electron chi connectivity index (χ3n) is 4.86. The number of aromatic nitrogens is 3. The molecule has 1 aromatic carbocycles. The Labute approximate surface area is 193 Å². The van der Waals surface area contributed by atoms with Gasteiger partial charge >= 0.3 is 0 Å². The first-order valence-electron chi connectivity index (χ1n) is 9.92. The number of aryl methyl sites for hydroxylation is 2. The number of fused-ring (bicyclic) bond motifs is 1. The van der Waals surface area contributed by atoms with E-state index in [0.717, 1.165) is 29.9 Å². The van der Waals surface area contributed by atoms with Crippen LogP contribution < -0.4 is 14.4 Å². The summed E-state index contributed by atoms with van der Waals surface area (Å²) in [6.45, 7) is 6.09. The Morgan fingerprint density at radius 2 is 1.84 bits per heavy atom. The SMILES string of the molecule is CCn1nc(C(=O)N(CCCN(C)C)c2nc3c(OC)ccc(OC)c3s2)cc1C.Cl. The van der Waals surface area contributed by atoms with Crippen molar-refractivity contribution < 1.29 is 14.3 Å². The molecule has 170 valence electrons. The summed E-state index contributed by atoms with van der Waals surface area (Å²) in [6.07, 6.45) is 0.816. The highest BCUT2D eigenvalue weighted by atomic mass is 35.5. The number of hydrogen-bond donors (Lipinski definition) is 0. The molecule has 0 unspecified atom stereocenters. The molecule has 0 radical (unpaired) electrons. The fourth-order valence-electron chi connectivity index (χ4n) is 3.29. The minimum Gasteiger partial charge on any atom is -0.495 e. The predicted molar refractivity (Wildman–Crippen MR) is 127 cm³/mol. The molecule has 0 atom stereocenters. The van der Waals surface area contributed by atoms with E-state index >= 15 is 0 Å². The van der Waals surface area contributed by atoms with Crippen LogP contribution in [0.4, 0.5) is 5.13 Å². The number of methoxy groups -OCH3 is 2. The Balaban J connectivity index is 0.00000341. The van der Waals surface area contributed by atoms with Gasteiger partial charge < -0.3 is 14.4 Å². The average molecular weight is 468 g/mol. The molecule has 31 heavy (non-hydrogen) atoms. The third-order valence-corrected chi connectivity index (χ3v) is 5.95. The van der Waals surface area contributed by atoms with Crippen molar-refractivity contribution in [3.05, 3.63) is 29.6 Å².